The second-order valence-corrected chi connectivity index (χ2v) is 4.98. The molecule has 2 aromatic rings. The van der Waals surface area contributed by atoms with Crippen LogP contribution < -0.4 is 5.32 Å². The van der Waals surface area contributed by atoms with Gasteiger partial charge in [0, 0.05) is 12.7 Å². The third-order valence-corrected chi connectivity index (χ3v) is 2.98. The number of rotatable bonds is 5. The van der Waals surface area contributed by atoms with Crippen molar-refractivity contribution in [3.05, 3.63) is 46.4 Å². The highest BCUT2D eigenvalue weighted by Crippen LogP contribution is 2.17. The number of hydrogen-bond acceptors (Lipinski definition) is 2. The maximum absolute atomic E-state index is 14.0. The third-order valence-electron chi connectivity index (χ3n) is 2.57. The molecular formula is C13H15BrFN3. The maximum Gasteiger partial charge on any atom is 0.149 e. The van der Waals surface area contributed by atoms with E-state index in [1.807, 2.05) is 6.07 Å². The first-order chi connectivity index (χ1) is 8.70. The lowest BCUT2D eigenvalue weighted by molar-refractivity contribution is 0.604. The SMILES string of the molecule is CCCNCc1ccc(-n2cc(Br)cn2)c(F)c1. The van der Waals surface area contributed by atoms with Crippen molar-refractivity contribution in [3.63, 3.8) is 0 Å². The first-order valence-corrected chi connectivity index (χ1v) is 6.69. The van der Waals surface area contributed by atoms with Crippen LogP contribution in [0.4, 0.5) is 4.39 Å². The van der Waals surface area contributed by atoms with Crippen LogP contribution in [0.1, 0.15) is 18.9 Å². The number of hydrogen-bond donors (Lipinski definition) is 1. The van der Waals surface area contributed by atoms with Gasteiger partial charge in [-0.05, 0) is 46.6 Å². The van der Waals surface area contributed by atoms with E-state index in [1.165, 1.54) is 4.68 Å². The van der Waals surface area contributed by atoms with Crippen LogP contribution >= 0.6 is 15.9 Å². The lowest BCUT2D eigenvalue weighted by Gasteiger charge is -2.07. The highest BCUT2D eigenvalue weighted by molar-refractivity contribution is 9.10. The van der Waals surface area contributed by atoms with Crippen molar-refractivity contribution in [2.24, 2.45) is 0 Å². The van der Waals surface area contributed by atoms with Crippen LogP contribution in [0.3, 0.4) is 0 Å². The molecule has 1 heterocycles. The average Bonchev–Trinajstić information content (AvgIpc) is 2.76. The lowest BCUT2D eigenvalue weighted by atomic mass is 10.2. The summed E-state index contributed by atoms with van der Waals surface area (Å²) < 4.78 is 16.3. The lowest BCUT2D eigenvalue weighted by Crippen LogP contribution is -2.14. The predicted molar refractivity (Wildman–Crippen MR) is 73.2 cm³/mol. The van der Waals surface area contributed by atoms with Crippen LogP contribution in [-0.4, -0.2) is 16.3 Å². The molecule has 2 rings (SSSR count). The van der Waals surface area contributed by atoms with Crippen molar-refractivity contribution in [2.45, 2.75) is 19.9 Å². The standard InChI is InChI=1S/C13H15BrFN3/c1-2-5-16-7-10-3-4-13(12(15)6-10)18-9-11(14)8-17-18/h3-4,6,8-9,16H,2,5,7H2,1H3. The molecule has 0 spiro atoms. The van der Waals surface area contributed by atoms with E-state index in [1.54, 1.807) is 24.5 Å². The van der Waals surface area contributed by atoms with Crippen molar-refractivity contribution in [3.8, 4) is 5.69 Å². The molecule has 0 saturated carbocycles. The molecule has 0 aliphatic rings. The van der Waals surface area contributed by atoms with Gasteiger partial charge in [0.25, 0.3) is 0 Å². The molecular weight excluding hydrogens is 297 g/mol. The van der Waals surface area contributed by atoms with E-state index in [2.05, 4.69) is 33.3 Å². The minimum absolute atomic E-state index is 0.263. The second kappa shape index (κ2) is 6.11. The Labute approximate surface area is 114 Å². The van der Waals surface area contributed by atoms with Crippen LogP contribution in [0, 0.1) is 5.82 Å². The predicted octanol–water partition coefficient (Wildman–Crippen LogP) is 3.27. The Morgan fingerprint density at radius 1 is 1.44 bits per heavy atom. The molecule has 18 heavy (non-hydrogen) atoms. The van der Waals surface area contributed by atoms with Crippen molar-refractivity contribution in [1.29, 1.82) is 0 Å². The summed E-state index contributed by atoms with van der Waals surface area (Å²) in [5.41, 5.74) is 1.40. The van der Waals surface area contributed by atoms with Crippen LogP contribution in [0.15, 0.2) is 35.1 Å². The second-order valence-electron chi connectivity index (χ2n) is 4.07. The van der Waals surface area contributed by atoms with Crippen molar-refractivity contribution in [1.82, 2.24) is 15.1 Å². The van der Waals surface area contributed by atoms with Crippen LogP contribution in [-0.2, 0) is 6.54 Å². The molecule has 1 aromatic carbocycles. The third kappa shape index (κ3) is 3.17. The molecule has 0 bridgehead atoms. The van der Waals surface area contributed by atoms with E-state index in [0.717, 1.165) is 23.0 Å². The fourth-order valence-electron chi connectivity index (χ4n) is 1.69. The molecule has 0 radical (unpaired) electrons. The van der Waals surface area contributed by atoms with Crippen LogP contribution in [0.2, 0.25) is 0 Å². The summed E-state index contributed by atoms with van der Waals surface area (Å²) in [5.74, 6) is -0.263. The number of benzene rings is 1. The van der Waals surface area contributed by atoms with Gasteiger partial charge in [-0.3, -0.25) is 0 Å². The number of halogens is 2. The number of nitrogens with one attached hydrogen (secondary N) is 1. The average molecular weight is 312 g/mol. The fraction of sp³-hybridized carbons (Fsp3) is 0.308. The van der Waals surface area contributed by atoms with Gasteiger partial charge in [0.05, 0.1) is 10.7 Å². The zero-order valence-corrected chi connectivity index (χ0v) is 11.7. The summed E-state index contributed by atoms with van der Waals surface area (Å²) in [4.78, 5) is 0. The van der Waals surface area contributed by atoms with E-state index in [-0.39, 0.29) is 5.82 Å². The quantitative estimate of drug-likeness (QED) is 0.859. The summed E-state index contributed by atoms with van der Waals surface area (Å²) in [7, 11) is 0. The molecule has 0 aliphatic carbocycles. The van der Waals surface area contributed by atoms with Gasteiger partial charge >= 0.3 is 0 Å². The van der Waals surface area contributed by atoms with Crippen LogP contribution in [0.25, 0.3) is 5.69 Å². The zero-order valence-electron chi connectivity index (χ0n) is 10.2. The van der Waals surface area contributed by atoms with Crippen molar-refractivity contribution >= 4 is 15.9 Å². The van der Waals surface area contributed by atoms with E-state index >= 15 is 0 Å². The molecule has 5 heteroatoms. The van der Waals surface area contributed by atoms with Gasteiger partial charge < -0.3 is 5.32 Å². The van der Waals surface area contributed by atoms with Gasteiger partial charge in [-0.2, -0.15) is 5.10 Å². The van der Waals surface area contributed by atoms with E-state index in [9.17, 15) is 4.39 Å². The normalized spacial score (nSPS) is 10.8. The fourth-order valence-corrected chi connectivity index (χ4v) is 1.97. The molecule has 0 amide bonds. The first-order valence-electron chi connectivity index (χ1n) is 5.90. The van der Waals surface area contributed by atoms with E-state index < -0.39 is 0 Å². The van der Waals surface area contributed by atoms with Gasteiger partial charge in [0.2, 0.25) is 0 Å². The molecule has 0 saturated heterocycles. The molecule has 1 N–H and O–H groups in total. The highest BCUT2D eigenvalue weighted by Gasteiger charge is 2.06. The van der Waals surface area contributed by atoms with Gasteiger partial charge in [-0.15, -0.1) is 0 Å². The molecule has 0 aliphatic heterocycles. The van der Waals surface area contributed by atoms with Gasteiger partial charge in [-0.1, -0.05) is 13.0 Å². The Morgan fingerprint density at radius 2 is 2.28 bits per heavy atom. The van der Waals surface area contributed by atoms with Crippen molar-refractivity contribution < 1.29 is 4.39 Å². The molecule has 0 fully saturated rings. The largest absolute Gasteiger partial charge is 0.313 e. The minimum atomic E-state index is -0.263. The molecule has 0 atom stereocenters. The van der Waals surface area contributed by atoms with Crippen molar-refractivity contribution in [2.75, 3.05) is 6.54 Å². The Morgan fingerprint density at radius 3 is 2.89 bits per heavy atom. The molecule has 96 valence electrons. The van der Waals surface area contributed by atoms with Gasteiger partial charge in [-0.25, -0.2) is 9.07 Å². The Kier molecular flexibility index (Phi) is 4.49. The number of aromatic nitrogens is 2. The monoisotopic (exact) mass is 311 g/mol. The van der Waals surface area contributed by atoms with Crippen LogP contribution in [0.5, 0.6) is 0 Å². The number of nitrogens with zero attached hydrogens (tertiary/aromatic N) is 2. The van der Waals surface area contributed by atoms with Gasteiger partial charge in [0.1, 0.15) is 11.5 Å². The van der Waals surface area contributed by atoms with Gasteiger partial charge in [0.15, 0.2) is 0 Å². The molecule has 0 unspecified atom stereocenters. The summed E-state index contributed by atoms with van der Waals surface area (Å²) >= 11 is 3.29. The molecule has 3 nitrogen and oxygen atoms in total. The Hall–Kier alpha value is -1.20. The Bertz CT molecular complexity index is 525. The Balaban J connectivity index is 2.15. The maximum atomic E-state index is 14.0. The smallest absolute Gasteiger partial charge is 0.149 e. The topological polar surface area (TPSA) is 29.9 Å². The first kappa shape index (κ1) is 13.2. The summed E-state index contributed by atoms with van der Waals surface area (Å²) in [6.07, 6.45) is 4.44. The summed E-state index contributed by atoms with van der Waals surface area (Å²) in [6.45, 7) is 3.73. The zero-order chi connectivity index (χ0) is 13.0. The summed E-state index contributed by atoms with van der Waals surface area (Å²) in [6, 6.07) is 5.21. The summed E-state index contributed by atoms with van der Waals surface area (Å²) in [5, 5.41) is 7.31. The minimum Gasteiger partial charge on any atom is -0.313 e. The highest BCUT2D eigenvalue weighted by atomic mass is 79.9. The van der Waals surface area contributed by atoms with E-state index in [0.29, 0.717) is 12.2 Å². The molecule has 1 aromatic heterocycles. The van der Waals surface area contributed by atoms with E-state index in [4.69, 9.17) is 0 Å².